The van der Waals surface area contributed by atoms with Gasteiger partial charge in [-0.25, -0.2) is 0 Å². The summed E-state index contributed by atoms with van der Waals surface area (Å²) in [6.07, 6.45) is 0.173. The van der Waals surface area contributed by atoms with Gasteiger partial charge in [-0.15, -0.1) is 5.10 Å². The number of amides is 1. The maximum Gasteiger partial charge on any atom is 0.322 e. The number of aromatic nitrogens is 2. The zero-order chi connectivity index (χ0) is 16.8. The van der Waals surface area contributed by atoms with Gasteiger partial charge >= 0.3 is 6.01 Å². The Labute approximate surface area is 138 Å². The first kappa shape index (κ1) is 15.6. The van der Waals surface area contributed by atoms with E-state index in [9.17, 15) is 9.59 Å². The molecule has 0 fully saturated rings. The molecule has 0 atom stereocenters. The van der Waals surface area contributed by atoms with Gasteiger partial charge in [-0.3, -0.25) is 14.9 Å². The van der Waals surface area contributed by atoms with Crippen molar-refractivity contribution in [2.75, 3.05) is 5.32 Å². The van der Waals surface area contributed by atoms with Crippen molar-refractivity contribution in [2.45, 2.75) is 12.8 Å². The first-order chi connectivity index (χ1) is 11.7. The van der Waals surface area contributed by atoms with Crippen molar-refractivity contribution in [3.8, 4) is 11.5 Å². The van der Waals surface area contributed by atoms with Crippen molar-refractivity contribution in [1.82, 2.24) is 10.2 Å². The standard InChI is InChI=1S/C18H15N3O3/c22-15(13-7-3-1-4-8-13)11-12-16(23)19-18-21-20-17(24-18)14-9-5-2-6-10-14/h1-10H,11-12H2,(H,19,21,23). The monoisotopic (exact) mass is 321 g/mol. The summed E-state index contributed by atoms with van der Waals surface area (Å²) in [5.74, 6) is -0.102. The number of benzene rings is 2. The summed E-state index contributed by atoms with van der Waals surface area (Å²) in [5, 5.41) is 10.2. The molecule has 24 heavy (non-hydrogen) atoms. The molecule has 0 aliphatic heterocycles. The molecule has 120 valence electrons. The van der Waals surface area contributed by atoms with Crippen LogP contribution in [-0.4, -0.2) is 21.9 Å². The Balaban J connectivity index is 1.54. The second kappa shape index (κ2) is 7.32. The minimum Gasteiger partial charge on any atom is -0.403 e. The van der Waals surface area contributed by atoms with Gasteiger partial charge in [0.1, 0.15) is 0 Å². The summed E-state index contributed by atoms with van der Waals surface area (Å²) < 4.78 is 5.39. The van der Waals surface area contributed by atoms with Gasteiger partial charge in [-0.05, 0) is 12.1 Å². The van der Waals surface area contributed by atoms with Gasteiger partial charge in [0.15, 0.2) is 5.78 Å². The van der Waals surface area contributed by atoms with E-state index in [1.165, 1.54) is 0 Å². The van der Waals surface area contributed by atoms with E-state index in [0.717, 1.165) is 5.56 Å². The highest BCUT2D eigenvalue weighted by atomic mass is 16.4. The van der Waals surface area contributed by atoms with Crippen LogP contribution in [0.25, 0.3) is 11.5 Å². The van der Waals surface area contributed by atoms with Gasteiger partial charge in [0.2, 0.25) is 11.8 Å². The summed E-state index contributed by atoms with van der Waals surface area (Å²) in [4.78, 5) is 23.9. The fourth-order valence-electron chi connectivity index (χ4n) is 2.15. The first-order valence-electron chi connectivity index (χ1n) is 7.49. The summed E-state index contributed by atoms with van der Waals surface area (Å²) in [6, 6.07) is 18.1. The Bertz CT molecular complexity index is 829. The predicted molar refractivity (Wildman–Crippen MR) is 88.4 cm³/mol. The Morgan fingerprint density at radius 1 is 0.875 bits per heavy atom. The Hall–Kier alpha value is -3.28. The van der Waals surface area contributed by atoms with Gasteiger partial charge in [-0.1, -0.05) is 53.6 Å². The van der Waals surface area contributed by atoms with Gasteiger partial charge in [0, 0.05) is 24.0 Å². The molecular formula is C18H15N3O3. The summed E-state index contributed by atoms with van der Waals surface area (Å²) in [7, 11) is 0. The van der Waals surface area contributed by atoms with Crippen LogP contribution in [0.3, 0.4) is 0 Å². The molecule has 0 spiro atoms. The fraction of sp³-hybridized carbons (Fsp3) is 0.111. The van der Waals surface area contributed by atoms with Gasteiger partial charge in [0.05, 0.1) is 0 Å². The van der Waals surface area contributed by atoms with E-state index in [4.69, 9.17) is 4.42 Å². The molecule has 1 amide bonds. The summed E-state index contributed by atoms with van der Waals surface area (Å²) in [6.45, 7) is 0. The number of hydrogen-bond acceptors (Lipinski definition) is 5. The maximum absolute atomic E-state index is 12.0. The molecular weight excluding hydrogens is 306 g/mol. The second-order valence-electron chi connectivity index (χ2n) is 5.12. The molecule has 0 saturated carbocycles. The minimum atomic E-state index is -0.345. The molecule has 0 radical (unpaired) electrons. The fourth-order valence-corrected chi connectivity index (χ4v) is 2.15. The Morgan fingerprint density at radius 2 is 1.54 bits per heavy atom. The predicted octanol–water partition coefficient (Wildman–Crippen LogP) is 3.34. The van der Waals surface area contributed by atoms with Crippen LogP contribution in [0.15, 0.2) is 65.1 Å². The van der Waals surface area contributed by atoms with Crippen LogP contribution in [0, 0.1) is 0 Å². The van der Waals surface area contributed by atoms with Gasteiger partial charge < -0.3 is 4.42 Å². The van der Waals surface area contributed by atoms with Crippen LogP contribution >= 0.6 is 0 Å². The summed E-state index contributed by atoms with van der Waals surface area (Å²) >= 11 is 0. The molecule has 0 aliphatic rings. The van der Waals surface area contributed by atoms with Crippen molar-refractivity contribution in [2.24, 2.45) is 0 Å². The number of ketones is 1. The number of Topliss-reactive ketones (excluding diaryl/α,β-unsaturated/α-hetero) is 1. The van der Waals surface area contributed by atoms with Crippen LogP contribution in [-0.2, 0) is 4.79 Å². The highest BCUT2D eigenvalue weighted by molar-refractivity contribution is 5.99. The molecule has 0 saturated heterocycles. The van der Waals surface area contributed by atoms with Crippen molar-refractivity contribution in [3.05, 3.63) is 66.2 Å². The zero-order valence-electron chi connectivity index (χ0n) is 12.8. The lowest BCUT2D eigenvalue weighted by Crippen LogP contribution is -2.13. The van der Waals surface area contributed by atoms with E-state index in [1.807, 2.05) is 36.4 Å². The largest absolute Gasteiger partial charge is 0.403 e. The van der Waals surface area contributed by atoms with Crippen molar-refractivity contribution in [3.63, 3.8) is 0 Å². The molecule has 0 bridgehead atoms. The van der Waals surface area contributed by atoms with Crippen molar-refractivity contribution < 1.29 is 14.0 Å². The molecule has 1 aromatic heterocycles. The van der Waals surface area contributed by atoms with Gasteiger partial charge in [0.25, 0.3) is 0 Å². The Morgan fingerprint density at radius 3 is 2.25 bits per heavy atom. The third-order valence-electron chi connectivity index (χ3n) is 3.37. The van der Waals surface area contributed by atoms with Crippen LogP contribution in [0.1, 0.15) is 23.2 Å². The van der Waals surface area contributed by atoms with Crippen LogP contribution in [0.5, 0.6) is 0 Å². The van der Waals surface area contributed by atoms with E-state index >= 15 is 0 Å². The van der Waals surface area contributed by atoms with Crippen LogP contribution in [0.2, 0.25) is 0 Å². The third kappa shape index (κ3) is 3.92. The Kier molecular flexibility index (Phi) is 4.76. The topological polar surface area (TPSA) is 85.1 Å². The molecule has 2 aromatic carbocycles. The average molecular weight is 321 g/mol. The molecule has 6 nitrogen and oxygen atoms in total. The smallest absolute Gasteiger partial charge is 0.322 e. The molecule has 1 N–H and O–H groups in total. The number of anilines is 1. The summed E-state index contributed by atoms with van der Waals surface area (Å²) in [5.41, 5.74) is 1.36. The maximum atomic E-state index is 12.0. The van der Waals surface area contributed by atoms with Gasteiger partial charge in [-0.2, -0.15) is 0 Å². The third-order valence-corrected chi connectivity index (χ3v) is 3.37. The van der Waals surface area contributed by atoms with Crippen LogP contribution < -0.4 is 5.32 Å². The number of carbonyl (C=O) groups is 2. The lowest BCUT2D eigenvalue weighted by atomic mass is 10.1. The van der Waals surface area contributed by atoms with Crippen molar-refractivity contribution in [1.29, 1.82) is 0 Å². The minimum absolute atomic E-state index is 0.0195. The normalized spacial score (nSPS) is 10.3. The lowest BCUT2D eigenvalue weighted by molar-refractivity contribution is -0.116. The number of rotatable bonds is 6. The van der Waals surface area contributed by atoms with Crippen molar-refractivity contribution >= 4 is 17.7 Å². The quantitative estimate of drug-likeness (QED) is 0.704. The highest BCUT2D eigenvalue weighted by Crippen LogP contribution is 2.19. The van der Waals surface area contributed by atoms with E-state index in [1.54, 1.807) is 24.3 Å². The molecule has 3 aromatic rings. The van der Waals surface area contributed by atoms with Crippen LogP contribution in [0.4, 0.5) is 6.01 Å². The number of carbonyl (C=O) groups excluding carboxylic acids is 2. The van der Waals surface area contributed by atoms with E-state index < -0.39 is 0 Å². The van der Waals surface area contributed by atoms with E-state index in [-0.39, 0.29) is 30.5 Å². The van der Waals surface area contributed by atoms with E-state index in [2.05, 4.69) is 15.5 Å². The number of nitrogens with one attached hydrogen (secondary N) is 1. The molecule has 1 heterocycles. The molecule has 0 unspecified atom stereocenters. The lowest BCUT2D eigenvalue weighted by Gasteiger charge is -2.01. The number of nitrogens with zero attached hydrogens (tertiary/aromatic N) is 2. The highest BCUT2D eigenvalue weighted by Gasteiger charge is 2.13. The second-order valence-corrected chi connectivity index (χ2v) is 5.12. The van der Waals surface area contributed by atoms with E-state index in [0.29, 0.717) is 11.5 Å². The molecule has 3 rings (SSSR count). The number of hydrogen-bond donors (Lipinski definition) is 1. The SMILES string of the molecule is O=C(CCC(=O)c1ccccc1)Nc1nnc(-c2ccccc2)o1. The molecule has 0 aliphatic carbocycles. The molecule has 6 heteroatoms. The average Bonchev–Trinajstić information content (AvgIpc) is 3.09. The zero-order valence-corrected chi connectivity index (χ0v) is 12.8. The first-order valence-corrected chi connectivity index (χ1v) is 7.49.